The second-order valence-electron chi connectivity index (χ2n) is 10.1. The van der Waals surface area contributed by atoms with Crippen LogP contribution < -0.4 is 0 Å². The minimum absolute atomic E-state index is 0.0254. The molecule has 0 amide bonds. The minimum Gasteiger partial charge on any atom is -0.357 e. The van der Waals surface area contributed by atoms with Crippen molar-refractivity contribution in [2.24, 2.45) is 0 Å². The molecule has 3 atom stereocenters. The minimum atomic E-state index is -1.28. The summed E-state index contributed by atoms with van der Waals surface area (Å²) in [5.74, 6) is -1.26. The molecular weight excluding hydrogens is 507 g/mol. The van der Waals surface area contributed by atoms with Crippen LogP contribution in [0.5, 0.6) is 0 Å². The second-order valence-corrected chi connectivity index (χ2v) is 11.0. The fraction of sp³-hybridized carbons (Fsp3) is 0.500. The van der Waals surface area contributed by atoms with E-state index in [1.54, 1.807) is 0 Å². The van der Waals surface area contributed by atoms with Crippen molar-refractivity contribution in [3.63, 3.8) is 0 Å². The fourth-order valence-electron chi connectivity index (χ4n) is 5.60. The second kappa shape index (κ2) is 8.35. The number of benzene rings is 2. The first-order chi connectivity index (χ1) is 16.3. The van der Waals surface area contributed by atoms with Gasteiger partial charge in [-0.1, -0.05) is 22.0 Å². The molecule has 0 spiro atoms. The summed E-state index contributed by atoms with van der Waals surface area (Å²) < 4.78 is 53.7. The van der Waals surface area contributed by atoms with Crippen molar-refractivity contribution in [1.29, 1.82) is 0 Å². The number of aromatic nitrogens is 2. The van der Waals surface area contributed by atoms with Gasteiger partial charge in [-0.05, 0) is 74.8 Å². The first-order valence-corrected chi connectivity index (χ1v) is 12.8. The van der Waals surface area contributed by atoms with Gasteiger partial charge in [0.05, 0.1) is 11.6 Å². The van der Waals surface area contributed by atoms with Crippen molar-refractivity contribution in [3.05, 3.63) is 63.3 Å². The van der Waals surface area contributed by atoms with Gasteiger partial charge in [0.2, 0.25) is 0 Å². The predicted molar refractivity (Wildman–Crippen MR) is 127 cm³/mol. The Morgan fingerprint density at radius 2 is 1.94 bits per heavy atom. The van der Waals surface area contributed by atoms with Crippen molar-refractivity contribution in [3.8, 4) is 0 Å². The van der Waals surface area contributed by atoms with E-state index in [0.717, 1.165) is 47.9 Å². The number of rotatable bonds is 4. The van der Waals surface area contributed by atoms with Crippen molar-refractivity contribution >= 4 is 26.8 Å². The summed E-state index contributed by atoms with van der Waals surface area (Å²) in [4.78, 5) is 1.95. The first-order valence-electron chi connectivity index (χ1n) is 12.0. The lowest BCUT2D eigenvalue weighted by Gasteiger charge is -2.43. The van der Waals surface area contributed by atoms with Crippen LogP contribution in [-0.2, 0) is 11.2 Å². The molecule has 1 aromatic heterocycles. The van der Waals surface area contributed by atoms with E-state index in [1.807, 2.05) is 34.8 Å². The van der Waals surface area contributed by atoms with Crippen LogP contribution in [0.25, 0.3) is 10.9 Å². The van der Waals surface area contributed by atoms with Crippen molar-refractivity contribution in [2.75, 3.05) is 13.2 Å². The van der Waals surface area contributed by atoms with Gasteiger partial charge in [0.15, 0.2) is 0 Å². The summed E-state index contributed by atoms with van der Waals surface area (Å²) in [5.41, 5.74) is 1.38. The zero-order valence-electron chi connectivity index (χ0n) is 19.0. The topological polar surface area (TPSA) is 30.3 Å². The molecule has 3 heterocycles. The molecule has 6 rings (SSSR count). The van der Waals surface area contributed by atoms with Gasteiger partial charge in [-0.2, -0.15) is 5.10 Å². The number of nitrogens with zero attached hydrogens (tertiary/aromatic N) is 3. The van der Waals surface area contributed by atoms with E-state index >= 15 is 8.78 Å². The molecule has 1 saturated heterocycles. The third kappa shape index (κ3) is 3.88. The zero-order chi connectivity index (χ0) is 23.6. The summed E-state index contributed by atoms with van der Waals surface area (Å²) in [5, 5.41) is 5.74. The average Bonchev–Trinajstić information content (AvgIpc) is 3.36. The van der Waals surface area contributed by atoms with Crippen LogP contribution in [0.4, 0.5) is 13.2 Å². The molecule has 3 aliphatic rings. The Hall–Kier alpha value is -1.90. The summed E-state index contributed by atoms with van der Waals surface area (Å²) in [6.07, 6.45) is 6.64. The highest BCUT2D eigenvalue weighted by atomic mass is 79.9. The zero-order valence-corrected chi connectivity index (χ0v) is 20.6. The molecular formula is C26H27BrF3N3O. The van der Waals surface area contributed by atoms with Crippen molar-refractivity contribution in [1.82, 2.24) is 14.7 Å². The lowest BCUT2D eigenvalue weighted by molar-refractivity contribution is -0.0390. The van der Waals surface area contributed by atoms with Crippen molar-refractivity contribution in [2.45, 2.75) is 69.4 Å². The highest BCUT2D eigenvalue weighted by molar-refractivity contribution is 9.10. The molecule has 0 radical (unpaired) electrons. The van der Waals surface area contributed by atoms with E-state index in [0.29, 0.717) is 23.7 Å². The Morgan fingerprint density at radius 1 is 1.18 bits per heavy atom. The van der Waals surface area contributed by atoms with Crippen molar-refractivity contribution < 1.29 is 17.9 Å². The number of fused-ring (bicyclic) bond motifs is 3. The molecule has 1 aliphatic carbocycles. The van der Waals surface area contributed by atoms with Crippen LogP contribution in [0.15, 0.2) is 34.9 Å². The number of alkyl halides is 1. The molecule has 34 heavy (non-hydrogen) atoms. The molecule has 2 aliphatic heterocycles. The standard InChI is InChI=1S/C26H27BrF3N3O/c1-15-10-18-17(5-6-22-19(18)13-33(31-22)23-4-2-3-9-34-23)25(32(15)14-26(30)7-8-26)24-20(28)11-16(27)12-21(24)29/h5-6,11-13,15,23,25H,2-4,7-10,14H2,1H3/t15-,23?,25+/m1/s1. The maximum absolute atomic E-state index is 15.3. The summed E-state index contributed by atoms with van der Waals surface area (Å²) in [6, 6.07) is 5.60. The summed E-state index contributed by atoms with van der Waals surface area (Å²) >= 11 is 3.19. The van der Waals surface area contributed by atoms with E-state index in [9.17, 15) is 4.39 Å². The Kier molecular flexibility index (Phi) is 5.54. The van der Waals surface area contributed by atoms with E-state index in [4.69, 9.17) is 9.84 Å². The van der Waals surface area contributed by atoms with Crippen LogP contribution in [0, 0.1) is 11.6 Å². The predicted octanol–water partition coefficient (Wildman–Crippen LogP) is 6.61. The molecule has 4 nitrogen and oxygen atoms in total. The molecule has 2 fully saturated rings. The first kappa shape index (κ1) is 22.6. The molecule has 8 heteroatoms. The highest BCUT2D eigenvalue weighted by Crippen LogP contribution is 2.47. The van der Waals surface area contributed by atoms with Crippen LogP contribution in [0.3, 0.4) is 0 Å². The Labute approximate surface area is 205 Å². The van der Waals surface area contributed by atoms with Gasteiger partial charge >= 0.3 is 0 Å². The number of hydrogen-bond donors (Lipinski definition) is 0. The average molecular weight is 534 g/mol. The van der Waals surface area contributed by atoms with Gasteiger partial charge in [-0.15, -0.1) is 0 Å². The molecule has 3 aromatic rings. The molecule has 0 bridgehead atoms. The molecule has 180 valence electrons. The van der Waals surface area contributed by atoms with Crippen LogP contribution in [0.2, 0.25) is 0 Å². The molecule has 1 saturated carbocycles. The largest absolute Gasteiger partial charge is 0.357 e. The van der Waals surface area contributed by atoms with Gasteiger partial charge in [-0.3, -0.25) is 4.90 Å². The smallest absolute Gasteiger partial charge is 0.150 e. The Balaban J connectivity index is 1.50. The van der Waals surface area contributed by atoms with Crippen LogP contribution >= 0.6 is 15.9 Å². The number of ether oxygens (including phenoxy) is 1. The maximum Gasteiger partial charge on any atom is 0.150 e. The van der Waals surface area contributed by atoms with E-state index in [2.05, 4.69) is 15.9 Å². The fourth-order valence-corrected chi connectivity index (χ4v) is 6.00. The van der Waals surface area contributed by atoms with Gasteiger partial charge in [0, 0.05) is 40.8 Å². The highest BCUT2D eigenvalue weighted by Gasteiger charge is 2.48. The quantitative estimate of drug-likeness (QED) is 0.377. The van der Waals surface area contributed by atoms with Gasteiger partial charge in [0.25, 0.3) is 0 Å². The molecule has 0 N–H and O–H groups in total. The molecule has 2 aromatic carbocycles. The van der Waals surface area contributed by atoms with E-state index in [1.165, 1.54) is 12.1 Å². The lowest BCUT2D eigenvalue weighted by atomic mass is 9.83. The van der Waals surface area contributed by atoms with Gasteiger partial charge < -0.3 is 4.74 Å². The van der Waals surface area contributed by atoms with Crippen LogP contribution in [0.1, 0.15) is 68.0 Å². The van der Waals surface area contributed by atoms with E-state index in [-0.39, 0.29) is 24.4 Å². The SMILES string of the molecule is C[C@@H]1Cc2c(ccc3nn(C4CCCCO4)cc23)[C@@H](c2c(F)cc(Br)cc2F)N1CC1(F)CC1. The number of hydrogen-bond acceptors (Lipinski definition) is 3. The van der Waals surface area contributed by atoms with E-state index < -0.39 is 23.3 Å². The summed E-state index contributed by atoms with van der Waals surface area (Å²) in [7, 11) is 0. The van der Waals surface area contributed by atoms with Crippen LogP contribution in [-0.4, -0.2) is 39.5 Å². The number of halogens is 4. The Morgan fingerprint density at radius 3 is 2.62 bits per heavy atom. The third-order valence-corrected chi connectivity index (χ3v) is 8.03. The lowest BCUT2D eigenvalue weighted by Crippen LogP contribution is -2.46. The normalized spacial score (nSPS) is 26.6. The maximum atomic E-state index is 15.3. The molecule has 1 unspecified atom stereocenters. The summed E-state index contributed by atoms with van der Waals surface area (Å²) in [6.45, 7) is 2.91. The van der Waals surface area contributed by atoms with Gasteiger partial charge in [0.1, 0.15) is 23.5 Å². The Bertz CT molecular complexity index is 1230. The monoisotopic (exact) mass is 533 g/mol. The van der Waals surface area contributed by atoms with Gasteiger partial charge in [-0.25, -0.2) is 17.9 Å². The third-order valence-electron chi connectivity index (χ3n) is 7.57.